The summed E-state index contributed by atoms with van der Waals surface area (Å²) in [7, 11) is 0. The summed E-state index contributed by atoms with van der Waals surface area (Å²) in [5, 5.41) is 2.91. The number of rotatable bonds is 4. The van der Waals surface area contributed by atoms with E-state index in [1.807, 2.05) is 53.1 Å². The van der Waals surface area contributed by atoms with Crippen LogP contribution in [0.1, 0.15) is 42.0 Å². The molecule has 8 nitrogen and oxygen atoms in total. The Morgan fingerprint density at radius 1 is 1.11 bits per heavy atom. The zero-order valence-corrected chi connectivity index (χ0v) is 19.2. The number of carbonyl (C=O) groups excluding carboxylic acids is 2. The monoisotopic (exact) mass is 464 g/mol. The normalized spacial score (nSPS) is 15.0. The molecule has 0 aliphatic carbocycles. The molecule has 1 fully saturated rings. The van der Waals surface area contributed by atoms with E-state index in [0.717, 1.165) is 24.2 Å². The highest BCUT2D eigenvalue weighted by Gasteiger charge is 2.33. The lowest BCUT2D eigenvalue weighted by molar-refractivity contribution is -0.126. The first-order chi connectivity index (χ1) is 17.1. The van der Waals surface area contributed by atoms with Crippen LogP contribution >= 0.6 is 0 Å². The van der Waals surface area contributed by atoms with Crippen LogP contribution in [0.15, 0.2) is 67.0 Å². The number of nitrogen functional groups attached to an aromatic ring is 1. The summed E-state index contributed by atoms with van der Waals surface area (Å²) >= 11 is 0. The fourth-order valence-corrected chi connectivity index (χ4v) is 4.48. The van der Waals surface area contributed by atoms with Gasteiger partial charge in [0.15, 0.2) is 0 Å². The van der Waals surface area contributed by atoms with Crippen molar-refractivity contribution >= 4 is 28.8 Å². The van der Waals surface area contributed by atoms with Gasteiger partial charge in [0.25, 0.3) is 11.8 Å². The van der Waals surface area contributed by atoms with Gasteiger partial charge >= 0.3 is 0 Å². The van der Waals surface area contributed by atoms with Crippen molar-refractivity contribution in [2.45, 2.75) is 25.8 Å². The first-order valence-corrected chi connectivity index (χ1v) is 11.4. The number of benzene rings is 2. The molecule has 2 aromatic carbocycles. The molecule has 0 bridgehead atoms. The summed E-state index contributed by atoms with van der Waals surface area (Å²) in [6, 6.07) is 16.3. The number of fused-ring (bicyclic) bond motifs is 1. The van der Waals surface area contributed by atoms with Crippen LogP contribution in [-0.2, 0) is 4.79 Å². The molecule has 8 heteroatoms. The number of likely N-dealkylation sites (tertiary alicyclic amines) is 1. The number of hydrogen-bond acceptors (Lipinski definition) is 5. The van der Waals surface area contributed by atoms with Crippen molar-refractivity contribution in [3.8, 4) is 23.1 Å². The third-order valence-electron chi connectivity index (χ3n) is 6.11. The Bertz CT molecular complexity index is 1460. The Morgan fingerprint density at radius 3 is 2.63 bits per heavy atom. The van der Waals surface area contributed by atoms with Gasteiger partial charge in [-0.2, -0.15) is 0 Å². The van der Waals surface area contributed by atoms with Crippen molar-refractivity contribution in [1.82, 2.24) is 19.3 Å². The molecule has 1 aliphatic rings. The minimum atomic E-state index is -0.200. The van der Waals surface area contributed by atoms with Crippen molar-refractivity contribution < 1.29 is 9.59 Å². The molecule has 35 heavy (non-hydrogen) atoms. The first-order valence-electron chi connectivity index (χ1n) is 11.4. The summed E-state index contributed by atoms with van der Waals surface area (Å²) in [5.41, 5.74) is 9.72. The van der Waals surface area contributed by atoms with Gasteiger partial charge in [-0.15, -0.1) is 0 Å². The Labute approximate surface area is 202 Å². The molecule has 0 spiro atoms. The number of nitrogens with zero attached hydrogens (tertiary/aromatic N) is 4. The molecule has 1 atom stereocenters. The molecule has 3 N–H and O–H groups in total. The van der Waals surface area contributed by atoms with Crippen LogP contribution in [0.25, 0.3) is 16.8 Å². The molecule has 4 aromatic rings. The zero-order chi connectivity index (χ0) is 24.4. The quantitative estimate of drug-likeness (QED) is 0.446. The van der Waals surface area contributed by atoms with Crippen molar-refractivity contribution in [1.29, 1.82) is 0 Å². The number of amides is 2. The highest BCUT2D eigenvalue weighted by atomic mass is 16.2. The predicted molar refractivity (Wildman–Crippen MR) is 134 cm³/mol. The minimum Gasteiger partial charge on any atom is -0.382 e. The molecular formula is C27H24N6O2. The molecule has 1 aliphatic heterocycles. The van der Waals surface area contributed by atoms with Gasteiger partial charge in [0.2, 0.25) is 0 Å². The second kappa shape index (κ2) is 9.31. The number of anilines is 2. The Balaban J connectivity index is 1.50. The average molecular weight is 465 g/mol. The summed E-state index contributed by atoms with van der Waals surface area (Å²) < 4.78 is 1.92. The van der Waals surface area contributed by atoms with E-state index < -0.39 is 0 Å². The van der Waals surface area contributed by atoms with Gasteiger partial charge < -0.3 is 16.0 Å². The number of hydrogen-bond donors (Lipinski definition) is 2. The van der Waals surface area contributed by atoms with Gasteiger partial charge in [0.1, 0.15) is 22.9 Å². The first kappa shape index (κ1) is 22.2. The second-order valence-corrected chi connectivity index (χ2v) is 8.28. The molecule has 3 heterocycles. The predicted octanol–water partition coefficient (Wildman–Crippen LogP) is 3.92. The number of nitrogens with two attached hydrogens (primary N) is 1. The van der Waals surface area contributed by atoms with E-state index >= 15 is 0 Å². The van der Waals surface area contributed by atoms with Gasteiger partial charge in [0, 0.05) is 35.8 Å². The number of nitrogens with one attached hydrogen (secondary N) is 1. The van der Waals surface area contributed by atoms with Crippen molar-refractivity contribution in [3.63, 3.8) is 0 Å². The lowest BCUT2D eigenvalue weighted by atomic mass is 10.1. The van der Waals surface area contributed by atoms with E-state index in [0.29, 0.717) is 34.8 Å². The van der Waals surface area contributed by atoms with Crippen LogP contribution < -0.4 is 11.1 Å². The van der Waals surface area contributed by atoms with Gasteiger partial charge in [-0.25, -0.2) is 9.97 Å². The Kier molecular flexibility index (Phi) is 5.90. The molecule has 5 rings (SSSR count). The number of aromatic nitrogens is 3. The van der Waals surface area contributed by atoms with Gasteiger partial charge in [-0.05, 0) is 50.0 Å². The maximum absolute atomic E-state index is 12.6. The lowest BCUT2D eigenvalue weighted by Crippen LogP contribution is -2.30. The van der Waals surface area contributed by atoms with Crippen LogP contribution in [0, 0.1) is 11.8 Å². The second-order valence-electron chi connectivity index (χ2n) is 8.28. The van der Waals surface area contributed by atoms with Gasteiger partial charge in [0.05, 0.1) is 6.04 Å². The largest absolute Gasteiger partial charge is 0.382 e. The maximum Gasteiger partial charge on any atom is 0.299 e. The van der Waals surface area contributed by atoms with E-state index in [9.17, 15) is 9.59 Å². The molecule has 0 radical (unpaired) electrons. The summed E-state index contributed by atoms with van der Waals surface area (Å²) in [4.78, 5) is 36.0. The maximum atomic E-state index is 12.6. The van der Waals surface area contributed by atoms with Crippen LogP contribution in [0.4, 0.5) is 11.5 Å². The fraction of sp³-hybridized carbons (Fsp3) is 0.185. The minimum absolute atomic E-state index is 0.178. The molecule has 0 unspecified atom stereocenters. The summed E-state index contributed by atoms with van der Waals surface area (Å²) in [5.74, 6) is 6.05. The molecule has 0 saturated carbocycles. The SMILES string of the molecule is CC#CC(=O)N1CCC[C@H]1c1nc(-c2ccc(NC(=O)c3ccccc3)cc2)c2c(N)nccn12. The van der Waals surface area contributed by atoms with Gasteiger partial charge in [-0.1, -0.05) is 36.3 Å². The number of carbonyl (C=O) groups is 2. The molecule has 2 amide bonds. The molecule has 1 saturated heterocycles. The summed E-state index contributed by atoms with van der Waals surface area (Å²) in [6.45, 7) is 2.29. The van der Waals surface area contributed by atoms with Gasteiger partial charge in [-0.3, -0.25) is 14.0 Å². The molecule has 2 aromatic heterocycles. The van der Waals surface area contributed by atoms with Crippen molar-refractivity contribution in [2.75, 3.05) is 17.6 Å². The number of imidazole rings is 1. The van der Waals surface area contributed by atoms with Crippen LogP contribution in [0.2, 0.25) is 0 Å². The van der Waals surface area contributed by atoms with E-state index in [1.165, 1.54) is 0 Å². The van der Waals surface area contributed by atoms with E-state index in [2.05, 4.69) is 22.1 Å². The smallest absolute Gasteiger partial charge is 0.299 e. The summed E-state index contributed by atoms with van der Waals surface area (Å²) in [6.07, 6.45) is 5.12. The highest BCUT2D eigenvalue weighted by Crippen LogP contribution is 2.36. The van der Waals surface area contributed by atoms with E-state index in [4.69, 9.17) is 10.7 Å². The third-order valence-corrected chi connectivity index (χ3v) is 6.11. The Morgan fingerprint density at radius 2 is 1.89 bits per heavy atom. The lowest BCUT2D eigenvalue weighted by Gasteiger charge is -2.21. The Hall–Kier alpha value is -4.64. The van der Waals surface area contributed by atoms with Crippen LogP contribution in [0.5, 0.6) is 0 Å². The third kappa shape index (κ3) is 4.20. The highest BCUT2D eigenvalue weighted by molar-refractivity contribution is 6.04. The van der Waals surface area contributed by atoms with Crippen LogP contribution in [0.3, 0.4) is 0 Å². The standard InChI is InChI=1S/C27H24N6O2/c1-2-7-22(34)32-16-6-10-21(32)26-31-23(24-25(28)29-15-17-33(24)26)18-11-13-20(14-12-18)30-27(35)19-8-4-3-5-9-19/h3-5,8-9,11-15,17,21H,6,10,16H2,1H3,(H2,28,29)(H,30,35)/t21-/m0/s1. The fourth-order valence-electron chi connectivity index (χ4n) is 4.48. The van der Waals surface area contributed by atoms with Crippen LogP contribution in [-0.4, -0.2) is 37.6 Å². The van der Waals surface area contributed by atoms with E-state index in [1.54, 1.807) is 30.2 Å². The molecule has 174 valence electrons. The van der Waals surface area contributed by atoms with Crippen molar-refractivity contribution in [3.05, 3.63) is 78.4 Å². The van der Waals surface area contributed by atoms with Crippen molar-refractivity contribution in [2.24, 2.45) is 0 Å². The zero-order valence-electron chi connectivity index (χ0n) is 19.2. The average Bonchev–Trinajstić information content (AvgIpc) is 3.51. The molecular weight excluding hydrogens is 440 g/mol. The topological polar surface area (TPSA) is 106 Å². The van der Waals surface area contributed by atoms with E-state index in [-0.39, 0.29) is 17.9 Å².